The van der Waals surface area contributed by atoms with E-state index in [1.807, 2.05) is 0 Å². The number of hydrogen-bond donors (Lipinski definition) is 2. The molecule has 31 heavy (non-hydrogen) atoms. The van der Waals surface area contributed by atoms with Gasteiger partial charge in [0.1, 0.15) is 17.6 Å². The van der Waals surface area contributed by atoms with E-state index >= 15 is 0 Å². The third-order valence-electron chi connectivity index (χ3n) is 4.99. The molecule has 0 spiro atoms. The van der Waals surface area contributed by atoms with Crippen molar-refractivity contribution in [3.05, 3.63) is 53.7 Å². The first-order valence-electron chi connectivity index (χ1n) is 10.0. The van der Waals surface area contributed by atoms with Crippen LogP contribution in [0.5, 0.6) is 11.5 Å². The van der Waals surface area contributed by atoms with Crippen LogP contribution in [-0.2, 0) is 11.3 Å². The first-order chi connectivity index (χ1) is 14.8. The molecule has 2 heterocycles. The van der Waals surface area contributed by atoms with E-state index in [1.54, 1.807) is 23.0 Å². The van der Waals surface area contributed by atoms with E-state index in [0.717, 1.165) is 12.1 Å². The summed E-state index contributed by atoms with van der Waals surface area (Å²) in [6, 6.07) is 5.48. The standard InChI is InChI=1S/C22H22F2N4O3/c1-12(2)11-28-18-9-15(21(29)27-17-5-6-25-22(17)30)20(7-13(18)10-26-28)31-19-4-3-14(23)8-16(19)24/h3-4,7-10,12,17H,5-6,11H2,1-2H3,(H,25,30)(H,27,29). The maximum atomic E-state index is 14.2. The van der Waals surface area contributed by atoms with Gasteiger partial charge in [-0.3, -0.25) is 14.3 Å². The lowest BCUT2D eigenvalue weighted by molar-refractivity contribution is -0.120. The molecule has 4 rings (SSSR count). The number of hydrogen-bond acceptors (Lipinski definition) is 4. The molecule has 7 nitrogen and oxygen atoms in total. The van der Waals surface area contributed by atoms with Crippen molar-refractivity contribution in [3.63, 3.8) is 0 Å². The number of halogens is 2. The van der Waals surface area contributed by atoms with E-state index < -0.39 is 23.6 Å². The monoisotopic (exact) mass is 428 g/mol. The fourth-order valence-electron chi connectivity index (χ4n) is 3.50. The van der Waals surface area contributed by atoms with Crippen molar-refractivity contribution in [2.45, 2.75) is 32.9 Å². The van der Waals surface area contributed by atoms with Crippen molar-refractivity contribution in [2.24, 2.45) is 5.92 Å². The van der Waals surface area contributed by atoms with Crippen molar-refractivity contribution in [2.75, 3.05) is 6.54 Å². The Hall–Kier alpha value is -3.49. The molecular weight excluding hydrogens is 406 g/mol. The summed E-state index contributed by atoms with van der Waals surface area (Å²) in [5.41, 5.74) is 0.836. The van der Waals surface area contributed by atoms with Gasteiger partial charge in [-0.15, -0.1) is 0 Å². The predicted molar refractivity (Wildman–Crippen MR) is 110 cm³/mol. The van der Waals surface area contributed by atoms with E-state index in [0.29, 0.717) is 42.4 Å². The van der Waals surface area contributed by atoms with Crippen LogP contribution in [0.3, 0.4) is 0 Å². The first-order valence-corrected chi connectivity index (χ1v) is 10.0. The zero-order valence-electron chi connectivity index (χ0n) is 17.1. The van der Waals surface area contributed by atoms with Gasteiger partial charge in [-0.05, 0) is 36.6 Å². The highest BCUT2D eigenvalue weighted by Crippen LogP contribution is 2.32. The lowest BCUT2D eigenvalue weighted by atomic mass is 10.1. The van der Waals surface area contributed by atoms with Crippen molar-refractivity contribution in [3.8, 4) is 11.5 Å². The van der Waals surface area contributed by atoms with E-state index in [-0.39, 0.29) is 23.0 Å². The van der Waals surface area contributed by atoms with Crippen LogP contribution in [0.1, 0.15) is 30.6 Å². The van der Waals surface area contributed by atoms with Gasteiger partial charge >= 0.3 is 0 Å². The molecule has 0 radical (unpaired) electrons. The molecule has 162 valence electrons. The van der Waals surface area contributed by atoms with Gasteiger partial charge in [0, 0.05) is 24.5 Å². The lowest BCUT2D eigenvalue weighted by Crippen LogP contribution is -2.40. The second-order valence-corrected chi connectivity index (χ2v) is 7.91. The maximum Gasteiger partial charge on any atom is 0.255 e. The zero-order valence-corrected chi connectivity index (χ0v) is 17.1. The van der Waals surface area contributed by atoms with Crippen LogP contribution in [0.2, 0.25) is 0 Å². The molecule has 0 aliphatic carbocycles. The molecule has 1 fully saturated rings. The summed E-state index contributed by atoms with van der Waals surface area (Å²) in [6.07, 6.45) is 2.11. The SMILES string of the molecule is CC(C)Cn1ncc2cc(Oc3ccc(F)cc3F)c(C(=O)NC3CCNC3=O)cc21. The Morgan fingerprint density at radius 1 is 1.29 bits per heavy atom. The van der Waals surface area contributed by atoms with Gasteiger partial charge < -0.3 is 15.4 Å². The number of ether oxygens (including phenoxy) is 1. The number of fused-ring (bicyclic) bond motifs is 1. The summed E-state index contributed by atoms with van der Waals surface area (Å²) >= 11 is 0. The fourth-order valence-corrected chi connectivity index (χ4v) is 3.50. The fraction of sp³-hybridized carbons (Fsp3) is 0.318. The van der Waals surface area contributed by atoms with Crippen molar-refractivity contribution >= 4 is 22.7 Å². The number of aromatic nitrogens is 2. The summed E-state index contributed by atoms with van der Waals surface area (Å²) in [5, 5.41) is 10.4. The highest BCUT2D eigenvalue weighted by molar-refractivity contribution is 6.03. The Morgan fingerprint density at radius 3 is 2.77 bits per heavy atom. The smallest absolute Gasteiger partial charge is 0.255 e. The second kappa shape index (κ2) is 8.33. The van der Waals surface area contributed by atoms with Crippen molar-refractivity contribution in [1.29, 1.82) is 0 Å². The van der Waals surface area contributed by atoms with E-state index in [2.05, 4.69) is 29.6 Å². The van der Waals surface area contributed by atoms with E-state index in [1.165, 1.54) is 0 Å². The second-order valence-electron chi connectivity index (χ2n) is 7.91. The minimum absolute atomic E-state index is 0.0815. The van der Waals surface area contributed by atoms with Crippen LogP contribution in [0.15, 0.2) is 36.5 Å². The Balaban J connectivity index is 1.75. The number of nitrogens with one attached hydrogen (secondary N) is 2. The quantitative estimate of drug-likeness (QED) is 0.630. The minimum atomic E-state index is -0.892. The van der Waals surface area contributed by atoms with Crippen LogP contribution >= 0.6 is 0 Å². The van der Waals surface area contributed by atoms with Crippen LogP contribution in [0.4, 0.5) is 8.78 Å². The van der Waals surface area contributed by atoms with Crippen molar-refractivity contribution in [1.82, 2.24) is 20.4 Å². The maximum absolute atomic E-state index is 14.2. The Bertz CT molecular complexity index is 1160. The van der Waals surface area contributed by atoms with Gasteiger partial charge in [-0.25, -0.2) is 8.78 Å². The predicted octanol–water partition coefficient (Wildman–Crippen LogP) is 3.38. The highest BCUT2D eigenvalue weighted by atomic mass is 19.1. The summed E-state index contributed by atoms with van der Waals surface area (Å²) in [4.78, 5) is 24.9. The molecular formula is C22H22F2N4O3. The topological polar surface area (TPSA) is 85.2 Å². The average Bonchev–Trinajstić information content (AvgIpc) is 3.29. The molecule has 2 amide bonds. The van der Waals surface area contributed by atoms with E-state index in [4.69, 9.17) is 4.74 Å². The van der Waals surface area contributed by atoms with E-state index in [9.17, 15) is 18.4 Å². The minimum Gasteiger partial charge on any atom is -0.453 e. The molecule has 1 unspecified atom stereocenters. The number of nitrogens with zero attached hydrogens (tertiary/aromatic N) is 2. The summed E-state index contributed by atoms with van der Waals surface area (Å²) in [5.74, 6) is -2.23. The molecule has 1 aliphatic rings. The van der Waals surface area contributed by atoms with Crippen molar-refractivity contribution < 1.29 is 23.1 Å². The van der Waals surface area contributed by atoms with Gasteiger partial charge in [0.2, 0.25) is 5.91 Å². The molecule has 3 aromatic rings. The Labute approximate surface area is 177 Å². The molecule has 1 aromatic heterocycles. The van der Waals surface area contributed by atoms with Crippen LogP contribution in [0, 0.1) is 17.6 Å². The van der Waals surface area contributed by atoms with Crippen LogP contribution in [-0.4, -0.2) is 34.2 Å². The summed E-state index contributed by atoms with van der Waals surface area (Å²) in [6.45, 7) is 5.22. The molecule has 2 N–H and O–H groups in total. The average molecular weight is 428 g/mol. The molecule has 9 heteroatoms. The summed E-state index contributed by atoms with van der Waals surface area (Å²) < 4.78 is 34.9. The van der Waals surface area contributed by atoms with Gasteiger partial charge in [-0.2, -0.15) is 5.10 Å². The van der Waals surface area contributed by atoms with Crippen LogP contribution < -0.4 is 15.4 Å². The number of carbonyl (C=O) groups is 2. The molecule has 1 aliphatic heterocycles. The third kappa shape index (κ3) is 4.35. The molecule has 0 saturated carbocycles. The molecule has 1 saturated heterocycles. The lowest BCUT2D eigenvalue weighted by Gasteiger charge is -2.15. The Kier molecular flexibility index (Phi) is 5.58. The molecule has 0 bridgehead atoms. The number of benzene rings is 2. The summed E-state index contributed by atoms with van der Waals surface area (Å²) in [7, 11) is 0. The van der Waals surface area contributed by atoms with Gasteiger partial charge in [0.05, 0.1) is 17.3 Å². The first kappa shape index (κ1) is 20.8. The molecule has 1 atom stereocenters. The molecule has 2 aromatic carbocycles. The largest absolute Gasteiger partial charge is 0.453 e. The van der Waals surface area contributed by atoms with Gasteiger partial charge in [-0.1, -0.05) is 13.8 Å². The highest BCUT2D eigenvalue weighted by Gasteiger charge is 2.28. The zero-order chi connectivity index (χ0) is 22.1. The number of carbonyl (C=O) groups excluding carboxylic acids is 2. The van der Waals surface area contributed by atoms with Crippen LogP contribution in [0.25, 0.3) is 10.9 Å². The third-order valence-corrected chi connectivity index (χ3v) is 4.99. The Morgan fingerprint density at radius 2 is 2.10 bits per heavy atom. The van der Waals surface area contributed by atoms with Gasteiger partial charge in [0.15, 0.2) is 11.6 Å². The van der Waals surface area contributed by atoms with Gasteiger partial charge in [0.25, 0.3) is 5.91 Å². The number of amides is 2. The normalized spacial score (nSPS) is 16.0. The number of rotatable bonds is 6.